The summed E-state index contributed by atoms with van der Waals surface area (Å²) in [5, 5.41) is 3.10. The fourth-order valence-electron chi connectivity index (χ4n) is 2.57. The topological polar surface area (TPSA) is 59.8 Å². The van der Waals surface area contributed by atoms with E-state index in [0.717, 1.165) is 30.9 Å². The highest BCUT2D eigenvalue weighted by atomic mass is 16.1. The number of aryl methyl sites for hydroxylation is 2. The van der Waals surface area contributed by atoms with Gasteiger partial charge in [-0.3, -0.25) is 9.78 Å². The third kappa shape index (κ3) is 3.04. The van der Waals surface area contributed by atoms with E-state index in [1.807, 2.05) is 30.6 Å². The van der Waals surface area contributed by atoms with Gasteiger partial charge in [0.15, 0.2) is 0 Å². The Morgan fingerprint density at radius 2 is 2.30 bits per heavy atom. The Kier molecular flexibility index (Phi) is 3.76. The van der Waals surface area contributed by atoms with Crippen LogP contribution in [0.2, 0.25) is 0 Å². The molecule has 5 heteroatoms. The Bertz CT molecular complexity index is 579. The van der Waals surface area contributed by atoms with Crippen molar-refractivity contribution in [3.63, 3.8) is 0 Å². The summed E-state index contributed by atoms with van der Waals surface area (Å²) in [5.41, 5.74) is 0.961. The highest BCUT2D eigenvalue weighted by molar-refractivity contribution is 5.76. The van der Waals surface area contributed by atoms with Crippen LogP contribution in [0.3, 0.4) is 0 Å². The average Bonchev–Trinajstić information content (AvgIpc) is 2.94. The lowest BCUT2D eigenvalue weighted by Gasteiger charge is -2.24. The SMILES string of the molecule is O=C(CCc1ccccn1)N[C@H]1CCc2nccn2C1. The Balaban J connectivity index is 1.48. The van der Waals surface area contributed by atoms with Gasteiger partial charge in [0.05, 0.1) is 0 Å². The smallest absolute Gasteiger partial charge is 0.220 e. The van der Waals surface area contributed by atoms with Gasteiger partial charge in [0.2, 0.25) is 5.91 Å². The molecule has 2 aromatic rings. The van der Waals surface area contributed by atoms with E-state index in [0.29, 0.717) is 12.8 Å². The largest absolute Gasteiger partial charge is 0.352 e. The zero-order chi connectivity index (χ0) is 13.8. The number of amides is 1. The van der Waals surface area contributed by atoms with Crippen molar-refractivity contribution in [3.05, 3.63) is 48.3 Å². The van der Waals surface area contributed by atoms with Crippen LogP contribution in [0.25, 0.3) is 0 Å². The predicted octanol–water partition coefficient (Wildman–Crippen LogP) is 1.34. The number of hydrogen-bond donors (Lipinski definition) is 1. The summed E-state index contributed by atoms with van der Waals surface area (Å²) < 4.78 is 2.12. The van der Waals surface area contributed by atoms with Gasteiger partial charge in [0, 0.05) is 49.7 Å². The third-order valence-electron chi connectivity index (χ3n) is 3.63. The fourth-order valence-corrected chi connectivity index (χ4v) is 2.57. The van der Waals surface area contributed by atoms with Gasteiger partial charge < -0.3 is 9.88 Å². The van der Waals surface area contributed by atoms with E-state index < -0.39 is 0 Å². The molecular formula is C15H18N4O. The average molecular weight is 270 g/mol. The molecule has 0 saturated carbocycles. The Morgan fingerprint density at radius 3 is 3.15 bits per heavy atom. The molecule has 1 aliphatic rings. The normalized spacial score (nSPS) is 17.5. The van der Waals surface area contributed by atoms with Crippen LogP contribution in [0, 0.1) is 0 Å². The van der Waals surface area contributed by atoms with Gasteiger partial charge >= 0.3 is 0 Å². The molecule has 0 unspecified atom stereocenters. The van der Waals surface area contributed by atoms with Crippen molar-refractivity contribution >= 4 is 5.91 Å². The first-order valence-corrected chi connectivity index (χ1v) is 7.00. The van der Waals surface area contributed by atoms with Crippen molar-refractivity contribution in [1.82, 2.24) is 19.9 Å². The molecule has 0 aliphatic carbocycles. The number of imidazole rings is 1. The van der Waals surface area contributed by atoms with Gasteiger partial charge in [-0.05, 0) is 25.0 Å². The molecule has 1 amide bonds. The minimum Gasteiger partial charge on any atom is -0.352 e. The molecule has 1 N–H and O–H groups in total. The van der Waals surface area contributed by atoms with Gasteiger partial charge in [-0.25, -0.2) is 4.98 Å². The maximum Gasteiger partial charge on any atom is 0.220 e. The first-order chi connectivity index (χ1) is 9.81. The second-order valence-corrected chi connectivity index (χ2v) is 5.12. The van der Waals surface area contributed by atoms with Gasteiger partial charge in [0.1, 0.15) is 5.82 Å². The molecule has 0 fully saturated rings. The molecule has 0 aromatic carbocycles. The highest BCUT2D eigenvalue weighted by Gasteiger charge is 2.20. The summed E-state index contributed by atoms with van der Waals surface area (Å²) in [7, 11) is 0. The van der Waals surface area contributed by atoms with Crippen molar-refractivity contribution in [2.45, 2.75) is 38.3 Å². The number of fused-ring (bicyclic) bond motifs is 1. The monoisotopic (exact) mass is 270 g/mol. The van der Waals surface area contributed by atoms with E-state index in [4.69, 9.17) is 0 Å². The lowest BCUT2D eigenvalue weighted by molar-refractivity contribution is -0.122. The number of carbonyl (C=O) groups excluding carboxylic acids is 1. The minimum atomic E-state index is 0.101. The van der Waals surface area contributed by atoms with Crippen molar-refractivity contribution in [2.24, 2.45) is 0 Å². The molecule has 1 atom stereocenters. The number of nitrogens with one attached hydrogen (secondary N) is 1. The Morgan fingerprint density at radius 1 is 1.35 bits per heavy atom. The molecule has 3 heterocycles. The zero-order valence-corrected chi connectivity index (χ0v) is 11.3. The minimum absolute atomic E-state index is 0.101. The first kappa shape index (κ1) is 12.8. The second-order valence-electron chi connectivity index (χ2n) is 5.12. The number of aromatic nitrogens is 3. The Hall–Kier alpha value is -2.17. The molecule has 0 radical (unpaired) electrons. The summed E-state index contributed by atoms with van der Waals surface area (Å²) in [6, 6.07) is 6.00. The molecule has 2 aromatic heterocycles. The Labute approximate surface area is 118 Å². The third-order valence-corrected chi connectivity index (χ3v) is 3.63. The van der Waals surface area contributed by atoms with Gasteiger partial charge in [0.25, 0.3) is 0 Å². The lowest BCUT2D eigenvalue weighted by atomic mass is 10.1. The van der Waals surface area contributed by atoms with E-state index in [-0.39, 0.29) is 11.9 Å². The predicted molar refractivity (Wildman–Crippen MR) is 75.0 cm³/mol. The van der Waals surface area contributed by atoms with Crippen LogP contribution in [0.5, 0.6) is 0 Å². The van der Waals surface area contributed by atoms with Crippen LogP contribution in [0.1, 0.15) is 24.4 Å². The molecular weight excluding hydrogens is 252 g/mol. The van der Waals surface area contributed by atoms with Crippen molar-refractivity contribution in [3.8, 4) is 0 Å². The molecule has 104 valence electrons. The number of hydrogen-bond acceptors (Lipinski definition) is 3. The van der Waals surface area contributed by atoms with Crippen LogP contribution in [0.4, 0.5) is 0 Å². The van der Waals surface area contributed by atoms with Crippen LogP contribution in [0.15, 0.2) is 36.8 Å². The fraction of sp³-hybridized carbons (Fsp3) is 0.400. The molecule has 1 aliphatic heterocycles. The molecule has 5 nitrogen and oxygen atoms in total. The number of rotatable bonds is 4. The summed E-state index contributed by atoms with van der Waals surface area (Å²) in [4.78, 5) is 20.5. The standard InChI is InChI=1S/C15H18N4O/c20-15(7-5-12-3-1-2-8-16-12)18-13-4-6-14-17-9-10-19(14)11-13/h1-3,8-10,13H,4-7,11H2,(H,18,20)/t13-/m0/s1. The van der Waals surface area contributed by atoms with E-state index in [2.05, 4.69) is 19.9 Å². The number of nitrogens with zero attached hydrogens (tertiary/aromatic N) is 3. The summed E-state index contributed by atoms with van der Waals surface area (Å²) >= 11 is 0. The van der Waals surface area contributed by atoms with E-state index in [1.54, 1.807) is 6.20 Å². The summed E-state index contributed by atoms with van der Waals surface area (Å²) in [6.45, 7) is 0.824. The molecule has 20 heavy (non-hydrogen) atoms. The summed E-state index contributed by atoms with van der Waals surface area (Å²) in [6.07, 6.45) is 8.63. The molecule has 0 saturated heterocycles. The van der Waals surface area contributed by atoms with Crippen LogP contribution in [-0.4, -0.2) is 26.5 Å². The quantitative estimate of drug-likeness (QED) is 0.912. The second kappa shape index (κ2) is 5.86. The van der Waals surface area contributed by atoms with Gasteiger partial charge in [-0.1, -0.05) is 6.07 Å². The van der Waals surface area contributed by atoms with Crippen LogP contribution >= 0.6 is 0 Å². The number of carbonyl (C=O) groups is 1. The van der Waals surface area contributed by atoms with Crippen LogP contribution in [-0.2, 0) is 24.2 Å². The van der Waals surface area contributed by atoms with Crippen molar-refractivity contribution < 1.29 is 4.79 Å². The van der Waals surface area contributed by atoms with Gasteiger partial charge in [-0.15, -0.1) is 0 Å². The maximum absolute atomic E-state index is 12.0. The zero-order valence-electron chi connectivity index (χ0n) is 11.3. The van der Waals surface area contributed by atoms with Crippen molar-refractivity contribution in [1.29, 1.82) is 0 Å². The van der Waals surface area contributed by atoms with Gasteiger partial charge in [-0.2, -0.15) is 0 Å². The van der Waals surface area contributed by atoms with E-state index in [9.17, 15) is 4.79 Å². The first-order valence-electron chi connectivity index (χ1n) is 7.00. The number of pyridine rings is 1. The highest BCUT2D eigenvalue weighted by Crippen LogP contribution is 2.13. The molecule has 0 bridgehead atoms. The maximum atomic E-state index is 12.0. The van der Waals surface area contributed by atoms with E-state index in [1.165, 1.54) is 0 Å². The molecule has 0 spiro atoms. The lowest BCUT2D eigenvalue weighted by Crippen LogP contribution is -2.41. The van der Waals surface area contributed by atoms with Crippen LogP contribution < -0.4 is 5.32 Å². The molecule has 3 rings (SSSR count). The summed E-state index contributed by atoms with van der Waals surface area (Å²) in [5.74, 6) is 1.22. The van der Waals surface area contributed by atoms with Crippen molar-refractivity contribution in [2.75, 3.05) is 0 Å². The van der Waals surface area contributed by atoms with E-state index >= 15 is 0 Å².